The Bertz CT molecular complexity index is 719. The zero-order valence-corrected chi connectivity index (χ0v) is 12.8. The van der Waals surface area contributed by atoms with Crippen LogP contribution in [-0.4, -0.2) is 25.2 Å². The molecular weight excluding hydrogens is 286 g/mol. The quantitative estimate of drug-likeness (QED) is 0.788. The molecule has 3 rings (SSSR count). The van der Waals surface area contributed by atoms with Gasteiger partial charge >= 0.3 is 0 Å². The maximum atomic E-state index is 6.24. The Hall–Kier alpha value is -1.85. The molecule has 3 heterocycles. The summed E-state index contributed by atoms with van der Waals surface area (Å²) >= 11 is 6.24. The summed E-state index contributed by atoms with van der Waals surface area (Å²) in [4.78, 5) is 4.36. The van der Waals surface area contributed by atoms with Gasteiger partial charge < -0.3 is 9.72 Å². The highest BCUT2D eigenvalue weighted by Gasteiger charge is 2.16. The Kier molecular flexibility index (Phi) is 3.94. The summed E-state index contributed by atoms with van der Waals surface area (Å²) in [7, 11) is 0. The summed E-state index contributed by atoms with van der Waals surface area (Å²) in [5.41, 5.74) is 1.85. The largest absolute Gasteiger partial charge is 0.306 e. The van der Waals surface area contributed by atoms with Crippen molar-refractivity contribution in [1.82, 2.24) is 24.5 Å². The molecule has 0 radical (unpaired) electrons. The van der Waals surface area contributed by atoms with Gasteiger partial charge in [0.2, 0.25) is 0 Å². The number of hydrogen-bond donors (Lipinski definition) is 1. The fourth-order valence-electron chi connectivity index (χ4n) is 2.35. The van der Waals surface area contributed by atoms with Crippen LogP contribution in [-0.2, 0) is 6.54 Å². The Labute approximate surface area is 128 Å². The molecule has 0 saturated heterocycles. The van der Waals surface area contributed by atoms with Gasteiger partial charge in [-0.15, -0.1) is 0 Å². The van der Waals surface area contributed by atoms with Crippen LogP contribution in [0.2, 0.25) is 5.15 Å². The molecular formula is C15H18ClN5. The van der Waals surface area contributed by atoms with E-state index in [9.17, 15) is 0 Å². The first kappa shape index (κ1) is 14.1. The van der Waals surface area contributed by atoms with Gasteiger partial charge in [-0.05, 0) is 32.0 Å². The van der Waals surface area contributed by atoms with Crippen molar-refractivity contribution in [3.05, 3.63) is 53.7 Å². The van der Waals surface area contributed by atoms with Crippen LogP contribution in [0.1, 0.15) is 25.6 Å². The highest BCUT2D eigenvalue weighted by Crippen LogP contribution is 2.18. The van der Waals surface area contributed by atoms with E-state index in [1.807, 2.05) is 45.7 Å². The summed E-state index contributed by atoms with van der Waals surface area (Å²) in [6, 6.07) is 8.34. The molecule has 0 spiro atoms. The van der Waals surface area contributed by atoms with Gasteiger partial charge in [0.15, 0.2) is 5.15 Å². The number of rotatable bonds is 5. The predicted octanol–water partition coefficient (Wildman–Crippen LogP) is 2.92. The first-order valence-electron chi connectivity index (χ1n) is 7.01. The standard InChI is InChI=1S/C15H18ClN5/c1-11(12(2)21-9-5-7-18-21)17-10-13-15(16)19-14-6-3-4-8-20(13)14/h3-9,11-12,17H,10H2,1-2H3/t11-,12-/m0/s1. The maximum Gasteiger partial charge on any atom is 0.152 e. The normalized spacial score (nSPS) is 14.4. The molecule has 0 bridgehead atoms. The number of fused-ring (bicyclic) bond motifs is 1. The molecule has 2 atom stereocenters. The maximum absolute atomic E-state index is 6.24. The van der Waals surface area contributed by atoms with Crippen molar-refractivity contribution in [2.75, 3.05) is 0 Å². The van der Waals surface area contributed by atoms with Gasteiger partial charge in [0, 0.05) is 31.2 Å². The molecule has 3 aromatic rings. The van der Waals surface area contributed by atoms with Crippen LogP contribution < -0.4 is 5.32 Å². The van der Waals surface area contributed by atoms with Crippen molar-refractivity contribution in [1.29, 1.82) is 0 Å². The molecule has 5 nitrogen and oxygen atoms in total. The molecule has 0 saturated carbocycles. The number of pyridine rings is 1. The van der Waals surface area contributed by atoms with Gasteiger partial charge in [0.1, 0.15) is 5.65 Å². The summed E-state index contributed by atoms with van der Waals surface area (Å²) in [6.45, 7) is 4.95. The fraction of sp³-hybridized carbons (Fsp3) is 0.333. The van der Waals surface area contributed by atoms with Gasteiger partial charge in [-0.3, -0.25) is 4.68 Å². The zero-order valence-electron chi connectivity index (χ0n) is 12.1. The number of nitrogens with one attached hydrogen (secondary N) is 1. The lowest BCUT2D eigenvalue weighted by molar-refractivity contribution is 0.363. The van der Waals surface area contributed by atoms with Crippen LogP contribution >= 0.6 is 11.6 Å². The van der Waals surface area contributed by atoms with Crippen LogP contribution in [0.4, 0.5) is 0 Å². The Morgan fingerprint density at radius 3 is 2.86 bits per heavy atom. The molecule has 110 valence electrons. The van der Waals surface area contributed by atoms with E-state index in [-0.39, 0.29) is 12.1 Å². The number of hydrogen-bond acceptors (Lipinski definition) is 3. The minimum atomic E-state index is 0.259. The van der Waals surface area contributed by atoms with Gasteiger partial charge in [-0.1, -0.05) is 17.7 Å². The summed E-state index contributed by atoms with van der Waals surface area (Å²) in [5, 5.41) is 8.33. The van der Waals surface area contributed by atoms with Crippen molar-refractivity contribution < 1.29 is 0 Å². The van der Waals surface area contributed by atoms with Crippen molar-refractivity contribution in [3.8, 4) is 0 Å². The van der Waals surface area contributed by atoms with Crippen molar-refractivity contribution in [2.45, 2.75) is 32.5 Å². The van der Waals surface area contributed by atoms with Gasteiger partial charge in [0.25, 0.3) is 0 Å². The number of aromatic nitrogens is 4. The molecule has 0 amide bonds. The van der Waals surface area contributed by atoms with Crippen LogP contribution in [0.15, 0.2) is 42.9 Å². The molecule has 3 aromatic heterocycles. The smallest absolute Gasteiger partial charge is 0.152 e. The molecule has 0 fully saturated rings. The lowest BCUT2D eigenvalue weighted by Gasteiger charge is -2.21. The molecule has 0 unspecified atom stereocenters. The first-order valence-corrected chi connectivity index (χ1v) is 7.38. The highest BCUT2D eigenvalue weighted by atomic mass is 35.5. The second kappa shape index (κ2) is 5.87. The lowest BCUT2D eigenvalue weighted by Crippen LogP contribution is -2.33. The molecule has 6 heteroatoms. The third kappa shape index (κ3) is 2.80. The molecule has 0 aliphatic rings. The van der Waals surface area contributed by atoms with Crippen LogP contribution in [0, 0.1) is 0 Å². The molecule has 0 aliphatic heterocycles. The van der Waals surface area contributed by atoms with Gasteiger partial charge in [0.05, 0.1) is 11.7 Å². The van der Waals surface area contributed by atoms with E-state index in [0.717, 1.165) is 11.3 Å². The fourth-order valence-corrected chi connectivity index (χ4v) is 2.60. The van der Waals surface area contributed by atoms with Crippen LogP contribution in [0.5, 0.6) is 0 Å². The highest BCUT2D eigenvalue weighted by molar-refractivity contribution is 6.30. The van der Waals surface area contributed by atoms with Crippen molar-refractivity contribution >= 4 is 17.2 Å². The SMILES string of the molecule is C[C@H](NCc1c(Cl)nc2ccccn12)[C@H](C)n1cccn1. The molecule has 21 heavy (non-hydrogen) atoms. The second-order valence-electron chi connectivity index (χ2n) is 5.17. The van der Waals surface area contributed by atoms with E-state index in [0.29, 0.717) is 11.7 Å². The average molecular weight is 304 g/mol. The van der Waals surface area contributed by atoms with Crippen molar-refractivity contribution in [2.24, 2.45) is 0 Å². The van der Waals surface area contributed by atoms with E-state index >= 15 is 0 Å². The Balaban J connectivity index is 1.73. The van der Waals surface area contributed by atoms with Gasteiger partial charge in [-0.2, -0.15) is 5.10 Å². The second-order valence-corrected chi connectivity index (χ2v) is 5.53. The summed E-state index contributed by atoms with van der Waals surface area (Å²) in [5.74, 6) is 0. The summed E-state index contributed by atoms with van der Waals surface area (Å²) < 4.78 is 3.97. The number of halogens is 1. The van der Waals surface area contributed by atoms with E-state index in [2.05, 4.69) is 29.2 Å². The van der Waals surface area contributed by atoms with E-state index in [1.54, 1.807) is 6.20 Å². The van der Waals surface area contributed by atoms with Crippen LogP contribution in [0.25, 0.3) is 5.65 Å². The van der Waals surface area contributed by atoms with Crippen molar-refractivity contribution in [3.63, 3.8) is 0 Å². The zero-order chi connectivity index (χ0) is 14.8. The van der Waals surface area contributed by atoms with E-state index in [1.165, 1.54) is 0 Å². The van der Waals surface area contributed by atoms with Gasteiger partial charge in [-0.25, -0.2) is 4.98 Å². The summed E-state index contributed by atoms with van der Waals surface area (Å²) in [6.07, 6.45) is 5.75. The Morgan fingerprint density at radius 2 is 2.10 bits per heavy atom. The Morgan fingerprint density at radius 1 is 1.24 bits per heavy atom. The lowest BCUT2D eigenvalue weighted by atomic mass is 10.1. The first-order chi connectivity index (χ1) is 10.2. The van der Waals surface area contributed by atoms with E-state index < -0.39 is 0 Å². The van der Waals surface area contributed by atoms with E-state index in [4.69, 9.17) is 11.6 Å². The monoisotopic (exact) mass is 303 g/mol. The minimum absolute atomic E-state index is 0.259. The third-order valence-electron chi connectivity index (χ3n) is 3.84. The van der Waals surface area contributed by atoms with Crippen LogP contribution in [0.3, 0.4) is 0 Å². The average Bonchev–Trinajstić information content (AvgIpc) is 3.11. The molecule has 1 N–H and O–H groups in total. The molecule has 0 aliphatic carbocycles. The third-order valence-corrected chi connectivity index (χ3v) is 4.14. The topological polar surface area (TPSA) is 47.2 Å². The minimum Gasteiger partial charge on any atom is -0.306 e. The predicted molar refractivity (Wildman–Crippen MR) is 83.4 cm³/mol. The number of imidazole rings is 1. The molecule has 0 aromatic carbocycles. The number of nitrogens with zero attached hydrogens (tertiary/aromatic N) is 4.